The van der Waals surface area contributed by atoms with Gasteiger partial charge < -0.3 is 0 Å². The molecule has 0 bridgehead atoms. The van der Waals surface area contributed by atoms with Crippen LogP contribution >= 0.6 is 0 Å². The highest BCUT2D eigenvalue weighted by atomic mass is 14.4. The molecule has 11 rings (SSSR count). The van der Waals surface area contributed by atoms with Crippen LogP contribution in [0.15, 0.2) is 146 Å². The first kappa shape index (κ1) is 28.2. The fourth-order valence-electron chi connectivity index (χ4n) is 9.84. The third-order valence-corrected chi connectivity index (χ3v) is 12.4. The monoisotopic (exact) mass is 636 g/mol. The molecule has 0 amide bonds. The van der Waals surface area contributed by atoms with Gasteiger partial charge in [-0.05, 0) is 146 Å². The van der Waals surface area contributed by atoms with Gasteiger partial charge in [0.2, 0.25) is 0 Å². The van der Waals surface area contributed by atoms with Crippen molar-refractivity contribution >= 4 is 53.9 Å². The van der Waals surface area contributed by atoms with Gasteiger partial charge in [-0.1, -0.05) is 137 Å². The second-order valence-electron chi connectivity index (χ2n) is 15.7. The normalized spacial score (nSPS) is 15.1. The topological polar surface area (TPSA) is 0 Å². The molecule has 0 radical (unpaired) electrons. The van der Waals surface area contributed by atoms with Crippen molar-refractivity contribution in [3.8, 4) is 33.4 Å². The average Bonchev–Trinajstić information content (AvgIpc) is 3.50. The molecule has 50 heavy (non-hydrogen) atoms. The van der Waals surface area contributed by atoms with E-state index < -0.39 is 0 Å². The number of fused-ring (bicyclic) bond motifs is 14. The molecule has 0 saturated heterocycles. The molecule has 0 aromatic heterocycles. The smallest absolute Gasteiger partial charge is 0.0159 e. The molecule has 0 nitrogen and oxygen atoms in total. The lowest BCUT2D eigenvalue weighted by atomic mass is 9.78. The summed E-state index contributed by atoms with van der Waals surface area (Å²) in [6, 6.07) is 55.3. The summed E-state index contributed by atoms with van der Waals surface area (Å²) in [4.78, 5) is 0. The Kier molecular flexibility index (Phi) is 5.34. The number of benzene rings is 9. The van der Waals surface area contributed by atoms with Gasteiger partial charge in [0.15, 0.2) is 0 Å². The summed E-state index contributed by atoms with van der Waals surface area (Å²) in [5, 5.41) is 13.2. The Labute approximate surface area is 292 Å². The number of hydrogen-bond donors (Lipinski definition) is 0. The molecule has 9 aromatic carbocycles. The van der Waals surface area contributed by atoms with Gasteiger partial charge in [-0.3, -0.25) is 0 Å². The minimum Gasteiger partial charge on any atom is -0.0616 e. The zero-order valence-corrected chi connectivity index (χ0v) is 28.9. The molecule has 0 saturated carbocycles. The van der Waals surface area contributed by atoms with Gasteiger partial charge >= 0.3 is 0 Å². The highest BCUT2D eigenvalue weighted by Crippen LogP contribution is 2.57. The summed E-state index contributed by atoms with van der Waals surface area (Å²) in [5.41, 5.74) is 13.6. The first-order valence-electron chi connectivity index (χ1n) is 17.9. The fourth-order valence-corrected chi connectivity index (χ4v) is 9.84. The van der Waals surface area contributed by atoms with Crippen LogP contribution in [-0.4, -0.2) is 0 Å². The molecule has 9 aromatic rings. The van der Waals surface area contributed by atoms with Gasteiger partial charge in [-0.25, -0.2) is 0 Å². The minimum absolute atomic E-state index is 0.116. The van der Waals surface area contributed by atoms with Crippen molar-refractivity contribution in [2.24, 2.45) is 0 Å². The van der Waals surface area contributed by atoms with Gasteiger partial charge in [-0.15, -0.1) is 0 Å². The van der Waals surface area contributed by atoms with Crippen LogP contribution in [0.4, 0.5) is 0 Å². The van der Waals surface area contributed by atoms with E-state index in [1.54, 1.807) is 0 Å². The lowest BCUT2D eigenvalue weighted by Crippen LogP contribution is -2.17. The van der Waals surface area contributed by atoms with E-state index in [0.29, 0.717) is 0 Å². The molecule has 0 fully saturated rings. The second-order valence-corrected chi connectivity index (χ2v) is 15.7. The van der Waals surface area contributed by atoms with Crippen molar-refractivity contribution in [2.75, 3.05) is 0 Å². The van der Waals surface area contributed by atoms with E-state index in [-0.39, 0.29) is 10.8 Å². The van der Waals surface area contributed by atoms with Crippen LogP contribution in [0.2, 0.25) is 0 Å². The zero-order chi connectivity index (χ0) is 33.5. The van der Waals surface area contributed by atoms with E-state index >= 15 is 0 Å². The summed E-state index contributed by atoms with van der Waals surface area (Å²) < 4.78 is 0. The van der Waals surface area contributed by atoms with Crippen LogP contribution in [0.3, 0.4) is 0 Å². The summed E-state index contributed by atoms with van der Waals surface area (Å²) in [6.07, 6.45) is 0. The maximum absolute atomic E-state index is 2.56. The maximum Gasteiger partial charge on any atom is 0.0159 e. The highest BCUT2D eigenvalue weighted by Gasteiger charge is 2.42. The number of rotatable bonds is 1. The van der Waals surface area contributed by atoms with E-state index in [0.717, 1.165) is 0 Å². The van der Waals surface area contributed by atoms with Gasteiger partial charge in [0.1, 0.15) is 0 Å². The zero-order valence-electron chi connectivity index (χ0n) is 28.9. The number of hydrogen-bond acceptors (Lipinski definition) is 0. The molecular weight excluding hydrogens is 601 g/mol. The summed E-state index contributed by atoms with van der Waals surface area (Å²) >= 11 is 0. The molecule has 236 valence electrons. The first-order chi connectivity index (χ1) is 24.3. The van der Waals surface area contributed by atoms with E-state index in [9.17, 15) is 0 Å². The summed E-state index contributed by atoms with van der Waals surface area (Å²) in [7, 11) is 0. The van der Waals surface area contributed by atoms with Crippen molar-refractivity contribution in [1.29, 1.82) is 0 Å². The van der Waals surface area contributed by atoms with Crippen molar-refractivity contribution in [1.82, 2.24) is 0 Å². The van der Waals surface area contributed by atoms with Crippen LogP contribution in [0.5, 0.6) is 0 Å². The van der Waals surface area contributed by atoms with Crippen LogP contribution < -0.4 is 0 Å². The predicted molar refractivity (Wildman–Crippen MR) is 215 cm³/mol. The Morgan fingerprint density at radius 3 is 1.26 bits per heavy atom. The highest BCUT2D eigenvalue weighted by molar-refractivity contribution is 6.26. The van der Waals surface area contributed by atoms with Crippen molar-refractivity contribution in [3.05, 3.63) is 168 Å². The molecule has 2 aliphatic carbocycles. The lowest BCUT2D eigenvalue weighted by molar-refractivity contribution is 0.652. The van der Waals surface area contributed by atoms with Crippen LogP contribution in [0, 0.1) is 0 Å². The Morgan fingerprint density at radius 2 is 0.700 bits per heavy atom. The molecule has 0 heterocycles. The summed E-state index contributed by atoms with van der Waals surface area (Å²) in [5.74, 6) is 0. The third kappa shape index (κ3) is 3.51. The standard InChI is InChI=1S/C50H36/c1-49(2)44-24-31(48-32-15-7-5-13-29(32)23-30-14-6-8-16-33(30)48)21-22-38(44)42-27-47-43(28-46(42)49)41-25-39-36-19-11-9-17-34(36)35-18-10-12-20-37(35)40(39)26-45(41)50(47,3)4/h5-28H,1-4H3. The molecule has 2 aliphatic rings. The minimum atomic E-state index is -0.136. The Morgan fingerprint density at radius 1 is 0.300 bits per heavy atom. The van der Waals surface area contributed by atoms with Crippen LogP contribution in [0.25, 0.3) is 87.2 Å². The van der Waals surface area contributed by atoms with E-state index in [1.165, 1.54) is 109 Å². The van der Waals surface area contributed by atoms with Gasteiger partial charge in [0.25, 0.3) is 0 Å². The second kappa shape index (κ2) is 9.49. The quantitative estimate of drug-likeness (QED) is 0.124. The molecule has 0 heteroatoms. The molecule has 0 atom stereocenters. The summed E-state index contributed by atoms with van der Waals surface area (Å²) in [6.45, 7) is 9.70. The molecule has 0 aliphatic heterocycles. The van der Waals surface area contributed by atoms with E-state index in [4.69, 9.17) is 0 Å². The van der Waals surface area contributed by atoms with Crippen molar-refractivity contribution in [2.45, 2.75) is 38.5 Å². The lowest BCUT2D eigenvalue weighted by Gasteiger charge is -2.24. The average molecular weight is 637 g/mol. The first-order valence-corrected chi connectivity index (χ1v) is 17.9. The predicted octanol–water partition coefficient (Wildman–Crippen LogP) is 13.7. The maximum atomic E-state index is 2.56. The van der Waals surface area contributed by atoms with Crippen LogP contribution in [-0.2, 0) is 10.8 Å². The van der Waals surface area contributed by atoms with Gasteiger partial charge in [-0.2, -0.15) is 0 Å². The Bertz CT molecular complexity index is 2920. The van der Waals surface area contributed by atoms with Gasteiger partial charge in [0, 0.05) is 10.8 Å². The molecule has 0 unspecified atom stereocenters. The molecular formula is C50H36. The molecule has 0 spiro atoms. The van der Waals surface area contributed by atoms with E-state index in [2.05, 4.69) is 173 Å². The Hall–Kier alpha value is -5.72. The van der Waals surface area contributed by atoms with Crippen molar-refractivity contribution < 1.29 is 0 Å². The molecule has 0 N–H and O–H groups in total. The SMILES string of the molecule is CC1(C)c2cc(-c3c4ccccc4cc4ccccc34)ccc2-c2cc3c(cc21)-c1cc2c4ccccc4c4ccccc4c2cc1C3(C)C. The third-order valence-electron chi connectivity index (χ3n) is 12.4. The van der Waals surface area contributed by atoms with Crippen LogP contribution in [0.1, 0.15) is 49.9 Å². The Balaban J connectivity index is 1.14. The van der Waals surface area contributed by atoms with E-state index in [1.807, 2.05) is 0 Å². The van der Waals surface area contributed by atoms with Crippen molar-refractivity contribution in [3.63, 3.8) is 0 Å². The van der Waals surface area contributed by atoms with Gasteiger partial charge in [0.05, 0.1) is 0 Å². The largest absolute Gasteiger partial charge is 0.0616 e. The fraction of sp³-hybridized carbons (Fsp3) is 0.120.